The van der Waals surface area contributed by atoms with Crippen LogP contribution < -0.4 is 21.3 Å². The van der Waals surface area contributed by atoms with E-state index >= 15 is 0 Å². The van der Waals surface area contributed by atoms with Crippen molar-refractivity contribution in [2.24, 2.45) is 35.5 Å². The summed E-state index contributed by atoms with van der Waals surface area (Å²) < 4.78 is 0.970. The van der Waals surface area contributed by atoms with Gasteiger partial charge < -0.3 is 36.0 Å². The predicted molar refractivity (Wildman–Crippen MR) is 226 cm³/mol. The molecule has 6 atom stereocenters. The Morgan fingerprint density at radius 2 is 0.893 bits per heavy atom. The Kier molecular flexibility index (Phi) is 20.8. The van der Waals surface area contributed by atoms with E-state index in [9.17, 15) is 28.8 Å². The van der Waals surface area contributed by atoms with Gasteiger partial charge in [-0.1, -0.05) is 111 Å². The summed E-state index contributed by atoms with van der Waals surface area (Å²) in [6.07, 6.45) is 0.626. The smallest absolute Gasteiger partial charge is 0.246 e. The first-order valence-electron chi connectivity index (χ1n) is 20.0. The van der Waals surface area contributed by atoms with E-state index in [1.54, 1.807) is 21.1 Å². The van der Waals surface area contributed by atoms with Crippen LogP contribution in [0.3, 0.4) is 0 Å². The maximum Gasteiger partial charge on any atom is 0.246 e. The molecular weight excluding hydrogens is 778 g/mol. The van der Waals surface area contributed by atoms with Crippen LogP contribution in [-0.2, 0) is 35.2 Å². The van der Waals surface area contributed by atoms with E-state index in [-0.39, 0.29) is 47.3 Å². The van der Waals surface area contributed by atoms with Gasteiger partial charge in [0, 0.05) is 32.2 Å². The summed E-state index contributed by atoms with van der Waals surface area (Å²) in [5.74, 6) is -3.94. The molecule has 0 radical (unpaired) electrons. The first kappa shape index (κ1) is 50.5. The third kappa shape index (κ3) is 13.8. The number of nitrogens with zero attached hydrogens (tertiary/aromatic N) is 3. The minimum absolute atomic E-state index is 0.0148. The van der Waals surface area contributed by atoms with Gasteiger partial charge in [0.05, 0.1) is 6.04 Å². The van der Waals surface area contributed by atoms with Crippen molar-refractivity contribution in [2.75, 3.05) is 34.7 Å². The van der Waals surface area contributed by atoms with Gasteiger partial charge in [-0.15, -0.1) is 0 Å². The molecule has 0 unspecified atom stereocenters. The Bertz CT molecular complexity index is 1470. The second-order valence-electron chi connectivity index (χ2n) is 17.1. The fourth-order valence-corrected chi connectivity index (χ4v) is 7.43. The molecule has 1 rings (SSSR count). The zero-order valence-electron chi connectivity index (χ0n) is 36.8. The molecule has 0 aromatic heterocycles. The minimum atomic E-state index is -0.988. The number of amides is 6. The monoisotopic (exact) mass is 849 g/mol. The lowest BCUT2D eigenvalue weighted by atomic mass is 9.94. The fourth-order valence-electron chi connectivity index (χ4n) is 7.17. The molecule has 0 aliphatic rings. The Labute approximate surface area is 345 Å². The Morgan fingerprint density at radius 1 is 0.518 bits per heavy atom. The highest BCUT2D eigenvalue weighted by atomic mass is 79.9. The molecular formula is C42H72BrN7O6. The lowest BCUT2D eigenvalue weighted by molar-refractivity contribution is -0.152. The van der Waals surface area contributed by atoms with Gasteiger partial charge in [0.1, 0.15) is 30.2 Å². The second-order valence-corrected chi connectivity index (χ2v) is 18.0. The number of likely N-dealkylation sites (N-methyl/N-ethyl adjacent to an activating group) is 4. The van der Waals surface area contributed by atoms with E-state index in [2.05, 4.69) is 37.2 Å². The van der Waals surface area contributed by atoms with E-state index in [1.165, 1.54) is 21.7 Å². The number of carbonyl (C=O) groups excluding carboxylic acids is 6. The van der Waals surface area contributed by atoms with Crippen molar-refractivity contribution in [2.45, 2.75) is 126 Å². The number of halogens is 1. The molecule has 56 heavy (non-hydrogen) atoms. The molecule has 0 fully saturated rings. The summed E-state index contributed by atoms with van der Waals surface area (Å²) in [5.41, 5.74) is 1.07. The maximum atomic E-state index is 14.4. The van der Waals surface area contributed by atoms with Crippen molar-refractivity contribution in [3.8, 4) is 0 Å². The van der Waals surface area contributed by atoms with Crippen molar-refractivity contribution in [3.05, 3.63) is 34.3 Å². The molecule has 0 aliphatic heterocycles. The summed E-state index contributed by atoms with van der Waals surface area (Å²) >= 11 is 3.43. The average Bonchev–Trinajstić information content (AvgIpc) is 3.09. The van der Waals surface area contributed by atoms with E-state index in [0.29, 0.717) is 13.0 Å². The third-order valence-electron chi connectivity index (χ3n) is 10.3. The number of carbonyl (C=O) groups is 6. The van der Waals surface area contributed by atoms with Gasteiger partial charge in [0.15, 0.2) is 0 Å². The van der Waals surface area contributed by atoms with Crippen LogP contribution in [0, 0.1) is 35.5 Å². The quantitative estimate of drug-likeness (QED) is 0.145. The summed E-state index contributed by atoms with van der Waals surface area (Å²) in [6.45, 7) is 22.6. The van der Waals surface area contributed by atoms with Crippen LogP contribution in [-0.4, -0.2) is 121 Å². The fraction of sp³-hybridized carbons (Fsp3) is 0.714. The van der Waals surface area contributed by atoms with E-state index in [1.807, 2.05) is 107 Å². The van der Waals surface area contributed by atoms with E-state index in [4.69, 9.17) is 0 Å². The minimum Gasteiger partial charge on any atom is -0.354 e. The molecule has 0 saturated heterocycles. The Morgan fingerprint density at radius 3 is 1.29 bits per heavy atom. The zero-order valence-corrected chi connectivity index (χ0v) is 38.4. The molecule has 0 aliphatic carbocycles. The molecule has 0 bridgehead atoms. The van der Waals surface area contributed by atoms with E-state index in [0.717, 1.165) is 10.0 Å². The first-order chi connectivity index (χ1) is 25.9. The summed E-state index contributed by atoms with van der Waals surface area (Å²) in [5, 5.41) is 11.8. The van der Waals surface area contributed by atoms with Crippen LogP contribution in [0.5, 0.6) is 0 Å². The van der Waals surface area contributed by atoms with Gasteiger partial charge in [0.2, 0.25) is 35.4 Å². The molecule has 6 amide bonds. The molecule has 1 aromatic rings. The second kappa shape index (κ2) is 23.0. The highest BCUT2D eigenvalue weighted by molar-refractivity contribution is 9.10. The summed E-state index contributed by atoms with van der Waals surface area (Å²) in [6, 6.07) is 2.75. The van der Waals surface area contributed by atoms with Gasteiger partial charge in [-0.2, -0.15) is 0 Å². The van der Waals surface area contributed by atoms with Crippen LogP contribution in [0.2, 0.25) is 0 Å². The molecule has 14 heteroatoms. The van der Waals surface area contributed by atoms with Gasteiger partial charge in [-0.25, -0.2) is 0 Å². The SMILES string of the molecule is CN[C@H](C(=O)N[C@H](C(=O)N(C)[C@H](C(=O)N(C)[C@H](C(=O)N[C@H](C(=O)N(C)[C@H](C(=O)NCCc1ccc(Br)cc1)C(C)C)C(C)C)C(C)C)C(C)C)C(C)C)C(C)C. The van der Waals surface area contributed by atoms with Crippen LogP contribution in [0.1, 0.15) is 88.6 Å². The molecule has 318 valence electrons. The summed E-state index contributed by atoms with van der Waals surface area (Å²) in [4.78, 5) is 87.5. The number of rotatable bonds is 21. The normalized spacial score (nSPS) is 15.0. The molecule has 0 heterocycles. The van der Waals surface area contributed by atoms with Gasteiger partial charge >= 0.3 is 0 Å². The molecule has 1 aromatic carbocycles. The van der Waals surface area contributed by atoms with Crippen molar-refractivity contribution < 1.29 is 28.8 Å². The largest absolute Gasteiger partial charge is 0.354 e. The van der Waals surface area contributed by atoms with Crippen LogP contribution in [0.25, 0.3) is 0 Å². The maximum absolute atomic E-state index is 14.4. The molecule has 0 saturated carbocycles. The molecule has 4 N–H and O–H groups in total. The standard InChI is InChI=1S/C42H72BrN7O6/c1-23(2)31(44-13)37(51)46-32(24(3)4)41(55)50(16)36(28(11)12)42(56)49(15)35(27(9)10)39(53)47-33(25(5)6)40(54)48(14)34(26(7)8)38(52)45-22-21-29-17-19-30(43)20-18-29/h17-20,23-28,31-36,44H,21-22H2,1-16H3,(H,45,52)(H,46,51)(H,47,53)/t31-,32-,33-,34-,35-,36-/m0/s1. The highest BCUT2D eigenvalue weighted by Crippen LogP contribution is 2.21. The van der Waals surface area contributed by atoms with E-state index < -0.39 is 59.9 Å². The molecule has 13 nitrogen and oxygen atoms in total. The van der Waals surface area contributed by atoms with Gasteiger partial charge in [-0.05, 0) is 66.7 Å². The Balaban J connectivity index is 3.29. The zero-order chi connectivity index (χ0) is 43.4. The number of benzene rings is 1. The Hall–Kier alpha value is -3.52. The van der Waals surface area contributed by atoms with Crippen molar-refractivity contribution in [1.82, 2.24) is 36.0 Å². The molecule has 0 spiro atoms. The topological polar surface area (TPSA) is 160 Å². The van der Waals surface area contributed by atoms with Gasteiger partial charge in [0.25, 0.3) is 0 Å². The first-order valence-corrected chi connectivity index (χ1v) is 20.8. The van der Waals surface area contributed by atoms with Crippen molar-refractivity contribution in [3.63, 3.8) is 0 Å². The average molecular weight is 851 g/mol. The van der Waals surface area contributed by atoms with Crippen LogP contribution in [0.15, 0.2) is 28.7 Å². The number of hydrogen-bond donors (Lipinski definition) is 4. The lowest BCUT2D eigenvalue weighted by Crippen LogP contribution is -2.63. The number of hydrogen-bond acceptors (Lipinski definition) is 7. The van der Waals surface area contributed by atoms with Crippen LogP contribution >= 0.6 is 15.9 Å². The van der Waals surface area contributed by atoms with Crippen molar-refractivity contribution >= 4 is 51.4 Å². The third-order valence-corrected chi connectivity index (χ3v) is 10.9. The lowest BCUT2D eigenvalue weighted by Gasteiger charge is -2.40. The predicted octanol–water partition coefficient (Wildman–Crippen LogP) is 4.08. The van der Waals surface area contributed by atoms with Gasteiger partial charge in [-0.3, -0.25) is 28.8 Å². The summed E-state index contributed by atoms with van der Waals surface area (Å²) in [7, 11) is 6.36. The van der Waals surface area contributed by atoms with Crippen molar-refractivity contribution in [1.29, 1.82) is 0 Å². The van der Waals surface area contributed by atoms with Crippen LogP contribution in [0.4, 0.5) is 0 Å². The highest BCUT2D eigenvalue weighted by Gasteiger charge is 2.42. The number of nitrogens with one attached hydrogen (secondary N) is 4.